The van der Waals surface area contributed by atoms with Crippen molar-refractivity contribution in [3.63, 3.8) is 0 Å². The molecule has 0 atom stereocenters. The second kappa shape index (κ2) is 3.93. The summed E-state index contributed by atoms with van der Waals surface area (Å²) < 4.78 is 5.74. The van der Waals surface area contributed by atoms with Crippen LogP contribution in [-0.2, 0) is 5.41 Å². The number of carbonyl (C=O) groups is 1. The summed E-state index contributed by atoms with van der Waals surface area (Å²) >= 11 is 0. The number of benzene rings is 1. The topological polar surface area (TPSA) is 26.3 Å². The molecule has 1 aromatic rings. The summed E-state index contributed by atoms with van der Waals surface area (Å²) in [4.78, 5) is 10.9. The Morgan fingerprint density at radius 2 is 1.94 bits per heavy atom. The molecule has 0 spiro atoms. The lowest BCUT2D eigenvalue weighted by Crippen LogP contribution is -2.12. The molecule has 16 heavy (non-hydrogen) atoms. The van der Waals surface area contributed by atoms with E-state index < -0.39 is 0 Å². The monoisotopic (exact) mass is 218 g/mol. The van der Waals surface area contributed by atoms with E-state index in [1.54, 1.807) is 0 Å². The van der Waals surface area contributed by atoms with Gasteiger partial charge in [0.1, 0.15) is 12.0 Å². The number of carbonyl (C=O) groups excluding carboxylic acids is 1. The molecule has 0 heterocycles. The maximum atomic E-state index is 10.9. The predicted octanol–water partition coefficient (Wildman–Crippen LogP) is 3.34. The van der Waals surface area contributed by atoms with Crippen LogP contribution in [0.5, 0.6) is 5.75 Å². The lowest BCUT2D eigenvalue weighted by atomic mass is 9.86. The molecule has 1 aliphatic rings. The van der Waals surface area contributed by atoms with E-state index in [9.17, 15) is 4.79 Å². The van der Waals surface area contributed by atoms with Crippen molar-refractivity contribution in [2.45, 2.75) is 45.1 Å². The highest BCUT2D eigenvalue weighted by Gasteiger charge is 2.24. The molecule has 0 unspecified atom stereocenters. The molecule has 2 nitrogen and oxygen atoms in total. The first-order valence-electron chi connectivity index (χ1n) is 5.76. The standard InChI is InChI=1S/C14H18O2/c1-14(2,3)11-6-10(9-15)7-13(8-11)16-12-4-5-12/h6-9,12H,4-5H2,1-3H3. The molecular weight excluding hydrogens is 200 g/mol. The molecule has 2 heteroatoms. The Balaban J connectivity index is 2.33. The Hall–Kier alpha value is -1.31. The zero-order chi connectivity index (χ0) is 11.8. The maximum Gasteiger partial charge on any atom is 0.150 e. The van der Waals surface area contributed by atoms with Crippen molar-refractivity contribution in [1.29, 1.82) is 0 Å². The van der Waals surface area contributed by atoms with Crippen molar-refractivity contribution in [2.75, 3.05) is 0 Å². The average Bonchev–Trinajstić information content (AvgIpc) is 3.00. The Labute approximate surface area is 96.6 Å². The first-order chi connectivity index (χ1) is 7.49. The van der Waals surface area contributed by atoms with Crippen LogP contribution in [0.25, 0.3) is 0 Å². The summed E-state index contributed by atoms with van der Waals surface area (Å²) in [6.45, 7) is 6.41. The maximum absolute atomic E-state index is 10.9. The van der Waals surface area contributed by atoms with Gasteiger partial charge in [0.15, 0.2) is 0 Å². The fourth-order valence-corrected chi connectivity index (χ4v) is 1.57. The fraction of sp³-hybridized carbons (Fsp3) is 0.500. The van der Waals surface area contributed by atoms with Gasteiger partial charge in [-0.15, -0.1) is 0 Å². The highest BCUT2D eigenvalue weighted by Crippen LogP contribution is 2.31. The molecule has 0 N–H and O–H groups in total. The van der Waals surface area contributed by atoms with Crippen LogP contribution >= 0.6 is 0 Å². The van der Waals surface area contributed by atoms with Gasteiger partial charge in [-0.3, -0.25) is 4.79 Å². The molecule has 1 fully saturated rings. The zero-order valence-corrected chi connectivity index (χ0v) is 10.1. The number of aldehydes is 1. The molecule has 0 amide bonds. The predicted molar refractivity (Wildman–Crippen MR) is 64.2 cm³/mol. The van der Waals surface area contributed by atoms with E-state index in [4.69, 9.17) is 4.74 Å². The van der Waals surface area contributed by atoms with E-state index in [1.807, 2.05) is 18.2 Å². The van der Waals surface area contributed by atoms with Crippen molar-refractivity contribution in [2.24, 2.45) is 0 Å². The number of hydrogen-bond acceptors (Lipinski definition) is 2. The summed E-state index contributed by atoms with van der Waals surface area (Å²) in [7, 11) is 0. The quantitative estimate of drug-likeness (QED) is 0.727. The highest BCUT2D eigenvalue weighted by molar-refractivity contribution is 5.76. The van der Waals surface area contributed by atoms with Gasteiger partial charge in [0.05, 0.1) is 6.10 Å². The molecule has 2 rings (SSSR count). The fourth-order valence-electron chi connectivity index (χ4n) is 1.57. The summed E-state index contributed by atoms with van der Waals surface area (Å²) in [5, 5.41) is 0. The van der Waals surface area contributed by atoms with Gasteiger partial charge >= 0.3 is 0 Å². The van der Waals surface area contributed by atoms with E-state index in [2.05, 4.69) is 20.8 Å². The van der Waals surface area contributed by atoms with Crippen LogP contribution in [0.2, 0.25) is 0 Å². The van der Waals surface area contributed by atoms with E-state index in [0.29, 0.717) is 11.7 Å². The van der Waals surface area contributed by atoms with Crippen LogP contribution in [0.15, 0.2) is 18.2 Å². The zero-order valence-electron chi connectivity index (χ0n) is 10.1. The molecule has 1 saturated carbocycles. The third-order valence-corrected chi connectivity index (χ3v) is 2.76. The van der Waals surface area contributed by atoms with Gasteiger partial charge < -0.3 is 4.74 Å². The normalized spacial score (nSPS) is 15.9. The Morgan fingerprint density at radius 1 is 1.25 bits per heavy atom. The van der Waals surface area contributed by atoms with Gasteiger partial charge in [-0.1, -0.05) is 20.8 Å². The van der Waals surface area contributed by atoms with Gasteiger partial charge in [0, 0.05) is 5.56 Å². The smallest absolute Gasteiger partial charge is 0.150 e. The van der Waals surface area contributed by atoms with Gasteiger partial charge in [-0.25, -0.2) is 0 Å². The molecule has 0 bridgehead atoms. The number of ether oxygens (including phenoxy) is 1. The lowest BCUT2D eigenvalue weighted by Gasteiger charge is -2.20. The van der Waals surface area contributed by atoms with Crippen LogP contribution in [0.3, 0.4) is 0 Å². The van der Waals surface area contributed by atoms with Crippen molar-refractivity contribution < 1.29 is 9.53 Å². The molecule has 0 saturated heterocycles. The molecular formula is C14H18O2. The Morgan fingerprint density at radius 3 is 2.44 bits per heavy atom. The Kier molecular flexibility index (Phi) is 2.75. The minimum atomic E-state index is 0.0423. The van der Waals surface area contributed by atoms with Crippen LogP contribution in [0, 0.1) is 0 Å². The van der Waals surface area contributed by atoms with E-state index in [-0.39, 0.29) is 5.41 Å². The summed E-state index contributed by atoms with van der Waals surface area (Å²) in [6.07, 6.45) is 3.52. The molecule has 86 valence electrons. The van der Waals surface area contributed by atoms with Gasteiger partial charge in [0.25, 0.3) is 0 Å². The number of hydrogen-bond donors (Lipinski definition) is 0. The van der Waals surface area contributed by atoms with Gasteiger partial charge in [-0.2, -0.15) is 0 Å². The van der Waals surface area contributed by atoms with Crippen LogP contribution in [0.4, 0.5) is 0 Å². The average molecular weight is 218 g/mol. The van der Waals surface area contributed by atoms with Crippen molar-refractivity contribution in [1.82, 2.24) is 0 Å². The van der Waals surface area contributed by atoms with Crippen molar-refractivity contribution in [3.05, 3.63) is 29.3 Å². The number of rotatable bonds is 3. The second-order valence-electron chi connectivity index (χ2n) is 5.48. The lowest BCUT2D eigenvalue weighted by molar-refractivity contribution is 0.112. The highest BCUT2D eigenvalue weighted by atomic mass is 16.5. The van der Waals surface area contributed by atoms with E-state index in [1.165, 1.54) is 0 Å². The largest absolute Gasteiger partial charge is 0.490 e. The molecule has 1 aromatic carbocycles. The minimum absolute atomic E-state index is 0.0423. The van der Waals surface area contributed by atoms with Crippen LogP contribution in [0.1, 0.15) is 49.5 Å². The summed E-state index contributed by atoms with van der Waals surface area (Å²) in [5.74, 6) is 0.831. The summed E-state index contributed by atoms with van der Waals surface area (Å²) in [6, 6.07) is 5.80. The van der Waals surface area contributed by atoms with Crippen LogP contribution < -0.4 is 4.74 Å². The third kappa shape index (κ3) is 2.63. The van der Waals surface area contributed by atoms with E-state index >= 15 is 0 Å². The third-order valence-electron chi connectivity index (χ3n) is 2.76. The second-order valence-corrected chi connectivity index (χ2v) is 5.48. The first-order valence-corrected chi connectivity index (χ1v) is 5.76. The van der Waals surface area contributed by atoms with Crippen LogP contribution in [-0.4, -0.2) is 12.4 Å². The molecule has 0 radical (unpaired) electrons. The molecule has 1 aliphatic carbocycles. The minimum Gasteiger partial charge on any atom is -0.490 e. The van der Waals surface area contributed by atoms with E-state index in [0.717, 1.165) is 30.4 Å². The van der Waals surface area contributed by atoms with Gasteiger partial charge in [-0.05, 0) is 42.0 Å². The Bertz CT molecular complexity index is 398. The first kappa shape index (κ1) is 11.2. The molecule has 0 aromatic heterocycles. The van der Waals surface area contributed by atoms with Crippen molar-refractivity contribution >= 4 is 6.29 Å². The van der Waals surface area contributed by atoms with Crippen molar-refractivity contribution in [3.8, 4) is 5.75 Å². The summed E-state index contributed by atoms with van der Waals surface area (Å²) in [5.41, 5.74) is 1.89. The SMILES string of the molecule is CC(C)(C)c1cc(C=O)cc(OC2CC2)c1. The van der Waals surface area contributed by atoms with Gasteiger partial charge in [0.2, 0.25) is 0 Å². The molecule has 0 aliphatic heterocycles.